The first-order valence-electron chi connectivity index (χ1n) is 13.8. The minimum Gasteiger partial charge on any atom is -0.497 e. The van der Waals surface area contributed by atoms with Gasteiger partial charge in [0.25, 0.3) is 0 Å². The van der Waals surface area contributed by atoms with E-state index in [2.05, 4.69) is 11.9 Å². The molecule has 42 heavy (non-hydrogen) atoms. The number of benzene rings is 2. The monoisotopic (exact) mass is 573 g/mol. The number of fused-ring (bicyclic) bond motifs is 1. The lowest BCUT2D eigenvalue weighted by molar-refractivity contribution is -0.144. The van der Waals surface area contributed by atoms with Gasteiger partial charge in [-0.05, 0) is 39.3 Å². The number of carboxylic acids is 1. The average molecular weight is 574 g/mol. The second-order valence-electron chi connectivity index (χ2n) is 11.7. The van der Waals surface area contributed by atoms with Crippen molar-refractivity contribution in [2.24, 2.45) is 11.8 Å². The van der Waals surface area contributed by atoms with Gasteiger partial charge in [-0.15, -0.1) is 6.58 Å². The molecule has 2 N–H and O–H groups in total. The van der Waals surface area contributed by atoms with E-state index in [9.17, 15) is 19.5 Å². The molecule has 0 spiro atoms. The number of likely N-dealkylation sites (tertiary alicyclic amines) is 1. The van der Waals surface area contributed by atoms with Crippen molar-refractivity contribution < 1.29 is 33.7 Å². The second kappa shape index (κ2) is 11.0. The number of hydrogen-bond acceptors (Lipinski definition) is 7. The number of nitrogens with zero attached hydrogens (tertiary/aromatic N) is 2. The SMILES string of the molecule is C=C[C@@H]1C[C@]1(NC(=O)[C@@H]1C[C@H](Oc2cc(-c3ccccc3)nc3cc(OC)ccc23)N(C(=O)OC(C)(C)C)C1)C(=O)O. The second-order valence-corrected chi connectivity index (χ2v) is 11.7. The molecule has 0 radical (unpaired) electrons. The number of aromatic nitrogens is 1. The molecule has 1 saturated heterocycles. The molecule has 1 aromatic heterocycles. The van der Waals surface area contributed by atoms with Crippen LogP contribution < -0.4 is 14.8 Å². The van der Waals surface area contributed by atoms with Crippen LogP contribution in [0.15, 0.2) is 67.3 Å². The van der Waals surface area contributed by atoms with Crippen LogP contribution in [0.25, 0.3) is 22.2 Å². The summed E-state index contributed by atoms with van der Waals surface area (Å²) in [7, 11) is 1.58. The summed E-state index contributed by atoms with van der Waals surface area (Å²) in [4.78, 5) is 44.9. The third-order valence-corrected chi connectivity index (χ3v) is 7.59. The minimum absolute atomic E-state index is 0.00223. The average Bonchev–Trinajstić information content (AvgIpc) is 3.51. The molecule has 10 nitrogen and oxygen atoms in total. The van der Waals surface area contributed by atoms with Crippen molar-refractivity contribution in [3.8, 4) is 22.8 Å². The Morgan fingerprint density at radius 1 is 1.14 bits per heavy atom. The van der Waals surface area contributed by atoms with Crippen LogP contribution in [0.4, 0.5) is 4.79 Å². The van der Waals surface area contributed by atoms with E-state index in [-0.39, 0.29) is 25.3 Å². The van der Waals surface area contributed by atoms with Crippen molar-refractivity contribution in [3.63, 3.8) is 0 Å². The van der Waals surface area contributed by atoms with Crippen molar-refractivity contribution in [1.29, 1.82) is 0 Å². The van der Waals surface area contributed by atoms with Gasteiger partial charge in [-0.1, -0.05) is 36.4 Å². The molecule has 0 unspecified atom stereocenters. The predicted molar refractivity (Wildman–Crippen MR) is 156 cm³/mol. The summed E-state index contributed by atoms with van der Waals surface area (Å²) in [5.41, 5.74) is 0.0184. The van der Waals surface area contributed by atoms with Gasteiger partial charge in [-0.3, -0.25) is 9.69 Å². The van der Waals surface area contributed by atoms with Crippen LogP contribution in [-0.2, 0) is 14.3 Å². The highest BCUT2D eigenvalue weighted by atomic mass is 16.6. The van der Waals surface area contributed by atoms with Crippen molar-refractivity contribution >= 4 is 28.9 Å². The van der Waals surface area contributed by atoms with E-state index in [1.807, 2.05) is 48.5 Å². The van der Waals surface area contributed by atoms with Crippen LogP contribution in [0, 0.1) is 11.8 Å². The molecule has 1 aliphatic heterocycles. The van der Waals surface area contributed by atoms with Gasteiger partial charge < -0.3 is 24.6 Å². The highest BCUT2D eigenvalue weighted by molar-refractivity contribution is 5.92. The minimum atomic E-state index is -1.38. The number of carbonyl (C=O) groups is 3. The first-order valence-corrected chi connectivity index (χ1v) is 13.8. The van der Waals surface area contributed by atoms with E-state index in [1.165, 1.54) is 11.0 Å². The maximum Gasteiger partial charge on any atom is 0.413 e. The van der Waals surface area contributed by atoms with Gasteiger partial charge in [-0.25, -0.2) is 14.6 Å². The number of rotatable bonds is 8. The normalized spacial score (nSPS) is 23.2. The van der Waals surface area contributed by atoms with Crippen molar-refractivity contribution in [3.05, 3.63) is 67.3 Å². The number of methoxy groups -OCH3 is 1. The summed E-state index contributed by atoms with van der Waals surface area (Å²) >= 11 is 0. The van der Waals surface area contributed by atoms with Crippen LogP contribution in [0.3, 0.4) is 0 Å². The quantitative estimate of drug-likeness (QED) is 0.360. The van der Waals surface area contributed by atoms with Crippen LogP contribution in [0.2, 0.25) is 0 Å². The van der Waals surface area contributed by atoms with E-state index in [1.54, 1.807) is 33.9 Å². The third-order valence-electron chi connectivity index (χ3n) is 7.59. The van der Waals surface area contributed by atoms with Gasteiger partial charge in [0.05, 0.1) is 24.2 Å². The van der Waals surface area contributed by atoms with Crippen molar-refractivity contribution in [2.45, 2.75) is 51.0 Å². The highest BCUT2D eigenvalue weighted by Gasteiger charge is 2.61. The van der Waals surface area contributed by atoms with Gasteiger partial charge >= 0.3 is 12.1 Å². The molecule has 220 valence electrons. The summed E-state index contributed by atoms with van der Waals surface area (Å²) in [5.74, 6) is -1.54. The van der Waals surface area contributed by atoms with Crippen LogP contribution in [-0.4, -0.2) is 64.0 Å². The fraction of sp³-hybridized carbons (Fsp3) is 0.375. The largest absolute Gasteiger partial charge is 0.497 e. The molecular formula is C32H35N3O7. The Morgan fingerprint density at radius 3 is 2.50 bits per heavy atom. The molecule has 2 aliphatic rings. The number of aliphatic carboxylic acids is 1. The molecule has 0 bridgehead atoms. The lowest BCUT2D eigenvalue weighted by Gasteiger charge is -2.29. The molecule has 2 heterocycles. The molecule has 2 amide bonds. The smallest absolute Gasteiger partial charge is 0.413 e. The number of hydrogen-bond donors (Lipinski definition) is 2. The van der Waals surface area contributed by atoms with Crippen LogP contribution in [0.5, 0.6) is 11.5 Å². The Morgan fingerprint density at radius 2 is 1.88 bits per heavy atom. The van der Waals surface area contributed by atoms with Crippen molar-refractivity contribution in [1.82, 2.24) is 15.2 Å². The first kappa shape index (κ1) is 28.9. The van der Waals surface area contributed by atoms with E-state index in [0.717, 1.165) is 5.56 Å². The molecular weight excluding hydrogens is 538 g/mol. The third kappa shape index (κ3) is 5.74. The molecule has 2 aromatic carbocycles. The maximum absolute atomic E-state index is 13.4. The fourth-order valence-electron chi connectivity index (χ4n) is 5.26. The fourth-order valence-corrected chi connectivity index (χ4v) is 5.26. The Balaban J connectivity index is 1.49. The van der Waals surface area contributed by atoms with Crippen LogP contribution >= 0.6 is 0 Å². The predicted octanol–water partition coefficient (Wildman–Crippen LogP) is 5.02. The molecule has 3 aromatic rings. The summed E-state index contributed by atoms with van der Waals surface area (Å²) in [6, 6.07) is 16.9. The number of pyridine rings is 1. The van der Waals surface area contributed by atoms with E-state index < -0.39 is 41.3 Å². The molecule has 1 saturated carbocycles. The maximum atomic E-state index is 13.4. The van der Waals surface area contributed by atoms with Gasteiger partial charge in [0.15, 0.2) is 6.23 Å². The Kier molecular flexibility index (Phi) is 7.57. The van der Waals surface area contributed by atoms with Crippen molar-refractivity contribution in [2.75, 3.05) is 13.7 Å². The Labute approximate surface area is 244 Å². The van der Waals surface area contributed by atoms with Gasteiger partial charge in [0.1, 0.15) is 22.6 Å². The van der Waals surface area contributed by atoms with E-state index >= 15 is 0 Å². The summed E-state index contributed by atoms with van der Waals surface area (Å²) in [6.07, 6.45) is 0.460. The number of nitrogens with one attached hydrogen (secondary N) is 1. The number of amides is 2. The molecule has 1 aliphatic carbocycles. The topological polar surface area (TPSA) is 127 Å². The zero-order valence-electron chi connectivity index (χ0n) is 24.1. The van der Waals surface area contributed by atoms with Gasteiger partial charge in [0.2, 0.25) is 5.91 Å². The Bertz CT molecular complexity index is 1530. The van der Waals surface area contributed by atoms with E-state index in [4.69, 9.17) is 19.2 Å². The molecule has 4 atom stereocenters. The summed E-state index contributed by atoms with van der Waals surface area (Å²) in [6.45, 7) is 8.96. The van der Waals surface area contributed by atoms with E-state index in [0.29, 0.717) is 28.1 Å². The van der Waals surface area contributed by atoms with Crippen LogP contribution in [0.1, 0.15) is 33.6 Å². The molecule has 2 fully saturated rings. The zero-order valence-corrected chi connectivity index (χ0v) is 24.1. The highest BCUT2D eigenvalue weighted by Crippen LogP contribution is 2.45. The van der Waals surface area contributed by atoms with Gasteiger partial charge in [-0.2, -0.15) is 0 Å². The molecule has 5 rings (SSSR count). The van der Waals surface area contributed by atoms with Gasteiger partial charge in [0, 0.05) is 42.0 Å². The standard InChI is InChI=1S/C32H35N3O7/c1-6-21-17-32(21,29(37)38)34-28(36)20-14-27(35(18-20)30(39)42-31(2,3)4)41-26-16-24(19-10-8-7-9-11-19)33-25-15-22(40-5)12-13-23(25)26/h6-13,15-16,20-21,27H,1,14,17-18H2,2-5H3,(H,34,36)(H,37,38)/t20-,21-,27+,32-/m1/s1. The number of carboxylic acid groups (broad SMARTS) is 1. The lowest BCUT2D eigenvalue weighted by Crippen LogP contribution is -2.48. The first-order chi connectivity index (χ1) is 19.9. The number of ether oxygens (including phenoxy) is 3. The number of carbonyl (C=O) groups excluding carboxylic acids is 2. The molecule has 10 heteroatoms. The summed E-state index contributed by atoms with van der Waals surface area (Å²) in [5, 5.41) is 13.2. The Hall–Kier alpha value is -4.60. The lowest BCUT2D eigenvalue weighted by atomic mass is 10.1. The summed E-state index contributed by atoms with van der Waals surface area (Å²) < 4.78 is 17.6. The zero-order chi connectivity index (χ0) is 30.2.